The molecule has 30 heavy (non-hydrogen) atoms. The molecule has 154 valence electrons. The molecule has 0 bridgehead atoms. The molecule has 2 aromatic rings. The monoisotopic (exact) mass is 418 g/mol. The average Bonchev–Trinajstić information content (AvgIpc) is 2.78. The van der Waals surface area contributed by atoms with Gasteiger partial charge in [-0.15, -0.1) is 0 Å². The van der Waals surface area contributed by atoms with Gasteiger partial charge in [0.05, 0.1) is 10.6 Å². The van der Waals surface area contributed by atoms with Crippen LogP contribution in [0.15, 0.2) is 70.0 Å². The van der Waals surface area contributed by atoms with Crippen molar-refractivity contribution in [1.29, 1.82) is 0 Å². The predicted octanol–water partition coefficient (Wildman–Crippen LogP) is 5.42. The number of hydrogen-bond donors (Lipinski definition) is 1. The zero-order valence-corrected chi connectivity index (χ0v) is 18.0. The Morgan fingerprint density at radius 3 is 2.77 bits per heavy atom. The number of nitrogens with one attached hydrogen (secondary N) is 1. The molecule has 4 nitrogen and oxygen atoms in total. The van der Waals surface area contributed by atoms with Crippen molar-refractivity contribution in [3.63, 3.8) is 0 Å². The van der Waals surface area contributed by atoms with E-state index in [9.17, 15) is 9.59 Å². The lowest BCUT2D eigenvalue weighted by atomic mass is 9.97. The maximum Gasteiger partial charge on any atom is 0.264 e. The molecule has 0 fully saturated rings. The molecule has 0 spiro atoms. The number of nitrogens with zero attached hydrogens (tertiary/aromatic N) is 1. The summed E-state index contributed by atoms with van der Waals surface area (Å²) in [5, 5.41) is 3.02. The first-order chi connectivity index (χ1) is 14.6. The normalized spacial score (nSPS) is 17.5. The smallest absolute Gasteiger partial charge is 0.264 e. The number of rotatable bonds is 5. The van der Waals surface area contributed by atoms with E-state index < -0.39 is 0 Å². The molecule has 0 unspecified atom stereocenters. The Morgan fingerprint density at radius 2 is 2.00 bits per heavy atom. The molecule has 5 heteroatoms. The summed E-state index contributed by atoms with van der Waals surface area (Å²) in [6, 6.07) is 15.4. The molecule has 1 heterocycles. The van der Waals surface area contributed by atoms with E-state index in [0.29, 0.717) is 17.0 Å². The molecule has 2 amide bonds. The maximum atomic E-state index is 12.9. The second-order valence-electron chi connectivity index (χ2n) is 7.68. The van der Waals surface area contributed by atoms with Crippen LogP contribution in [0.1, 0.15) is 48.0 Å². The molecular weight excluding hydrogens is 392 g/mol. The second kappa shape index (κ2) is 9.35. The lowest BCUT2D eigenvalue weighted by molar-refractivity contribution is -0.114. The number of carbonyl (C=O) groups excluding carboxylic acids is 2. The van der Waals surface area contributed by atoms with Gasteiger partial charge in [0, 0.05) is 24.1 Å². The van der Waals surface area contributed by atoms with Crippen molar-refractivity contribution in [2.75, 3.05) is 18.5 Å². The third kappa shape index (κ3) is 4.68. The van der Waals surface area contributed by atoms with Gasteiger partial charge in [0.1, 0.15) is 0 Å². The summed E-state index contributed by atoms with van der Waals surface area (Å²) < 4.78 is 0. The van der Waals surface area contributed by atoms with Crippen molar-refractivity contribution in [3.05, 3.63) is 76.2 Å². The highest BCUT2D eigenvalue weighted by molar-refractivity contribution is 8.04. The third-order valence-corrected chi connectivity index (χ3v) is 6.61. The number of hydrogen-bond acceptors (Lipinski definition) is 3. The number of amides is 2. The van der Waals surface area contributed by atoms with Crippen LogP contribution < -0.4 is 10.2 Å². The van der Waals surface area contributed by atoms with Crippen LogP contribution in [-0.4, -0.2) is 25.4 Å². The van der Waals surface area contributed by atoms with Crippen LogP contribution in [0.5, 0.6) is 0 Å². The van der Waals surface area contributed by atoms with E-state index in [4.69, 9.17) is 0 Å². The van der Waals surface area contributed by atoms with Crippen molar-refractivity contribution in [1.82, 2.24) is 5.32 Å². The largest absolute Gasteiger partial charge is 0.352 e. The minimum atomic E-state index is -0.0920. The Kier molecular flexibility index (Phi) is 6.38. The average molecular weight is 419 g/mol. The molecule has 1 N–H and O–H groups in total. The van der Waals surface area contributed by atoms with Crippen LogP contribution in [0.25, 0.3) is 6.08 Å². The molecule has 1 aliphatic carbocycles. The quantitative estimate of drug-likeness (QED) is 0.521. The fraction of sp³-hybridized carbons (Fsp3) is 0.280. The van der Waals surface area contributed by atoms with Crippen molar-refractivity contribution in [3.8, 4) is 0 Å². The van der Waals surface area contributed by atoms with Crippen LogP contribution in [0.2, 0.25) is 0 Å². The molecular formula is C25H26N2O2S. The van der Waals surface area contributed by atoms with E-state index in [0.717, 1.165) is 35.4 Å². The lowest BCUT2D eigenvalue weighted by Gasteiger charge is -2.27. The lowest BCUT2D eigenvalue weighted by Crippen LogP contribution is -2.31. The summed E-state index contributed by atoms with van der Waals surface area (Å²) in [4.78, 5) is 28.7. The Labute approximate surface area is 182 Å². The van der Waals surface area contributed by atoms with E-state index >= 15 is 0 Å². The number of thioether (sulfide) groups is 1. The first-order valence-corrected chi connectivity index (χ1v) is 11.3. The van der Waals surface area contributed by atoms with Crippen LogP contribution >= 0.6 is 11.8 Å². The van der Waals surface area contributed by atoms with Crippen LogP contribution in [0, 0.1) is 0 Å². The maximum absolute atomic E-state index is 12.9. The Hall–Kier alpha value is -2.79. The summed E-state index contributed by atoms with van der Waals surface area (Å²) in [5.74, 6) is -0.149. The van der Waals surface area contributed by atoms with Crippen LogP contribution in [0.3, 0.4) is 0 Å². The molecule has 2 aliphatic rings. The Balaban J connectivity index is 1.46. The molecule has 1 aliphatic heterocycles. The molecule has 4 rings (SSSR count). The van der Waals surface area contributed by atoms with Gasteiger partial charge in [-0.25, -0.2) is 0 Å². The molecule has 0 atom stereocenters. The van der Waals surface area contributed by atoms with Gasteiger partial charge in [0.2, 0.25) is 0 Å². The van der Waals surface area contributed by atoms with Gasteiger partial charge in [0.25, 0.3) is 11.8 Å². The van der Waals surface area contributed by atoms with Crippen molar-refractivity contribution in [2.24, 2.45) is 0 Å². The summed E-state index contributed by atoms with van der Waals surface area (Å²) in [6.07, 6.45) is 9.98. The van der Waals surface area contributed by atoms with E-state index in [1.165, 1.54) is 30.2 Å². The predicted molar refractivity (Wildman–Crippen MR) is 124 cm³/mol. The summed E-state index contributed by atoms with van der Waals surface area (Å²) in [7, 11) is 1.76. The number of anilines is 1. The van der Waals surface area contributed by atoms with Crippen molar-refractivity contribution >= 4 is 35.3 Å². The number of fused-ring (bicyclic) bond motifs is 1. The highest BCUT2D eigenvalue weighted by atomic mass is 32.2. The fourth-order valence-electron chi connectivity index (χ4n) is 3.81. The van der Waals surface area contributed by atoms with Crippen molar-refractivity contribution in [2.45, 2.75) is 37.0 Å². The second-order valence-corrected chi connectivity index (χ2v) is 8.77. The topological polar surface area (TPSA) is 49.4 Å². The van der Waals surface area contributed by atoms with E-state index in [1.807, 2.05) is 54.6 Å². The Morgan fingerprint density at radius 1 is 1.17 bits per heavy atom. The van der Waals surface area contributed by atoms with Gasteiger partial charge in [-0.05, 0) is 61.9 Å². The number of allylic oxidation sites excluding steroid dienone is 1. The van der Waals surface area contributed by atoms with Gasteiger partial charge in [-0.2, -0.15) is 0 Å². The highest BCUT2D eigenvalue weighted by Crippen LogP contribution is 2.42. The zero-order valence-electron chi connectivity index (χ0n) is 17.2. The molecule has 0 radical (unpaired) electrons. The van der Waals surface area contributed by atoms with Gasteiger partial charge in [-0.3, -0.25) is 9.59 Å². The van der Waals surface area contributed by atoms with Crippen molar-refractivity contribution < 1.29 is 9.59 Å². The number of likely N-dealkylation sites (N-methyl/N-ethyl adjacent to an activating group) is 1. The number of carbonyl (C=O) groups is 2. The fourth-order valence-corrected chi connectivity index (χ4v) is 4.90. The SMILES string of the molecule is CN1C(=O)/C(=C\c2ccccc2)Sc2ccc(C(=O)NCCC3=CCCCC3)cc21. The minimum Gasteiger partial charge on any atom is -0.352 e. The van der Waals surface area contributed by atoms with E-state index in [1.54, 1.807) is 11.9 Å². The summed E-state index contributed by atoms with van der Waals surface area (Å²) in [6.45, 7) is 0.648. The first kappa shape index (κ1) is 20.5. The number of benzene rings is 2. The Bertz CT molecular complexity index is 1010. The van der Waals surface area contributed by atoms with Gasteiger partial charge in [0.15, 0.2) is 0 Å². The minimum absolute atomic E-state index is 0.0573. The molecule has 0 saturated heterocycles. The third-order valence-electron chi connectivity index (χ3n) is 5.53. The van der Waals surface area contributed by atoms with E-state index in [-0.39, 0.29) is 11.8 Å². The molecule has 0 aromatic heterocycles. The van der Waals surface area contributed by atoms with Gasteiger partial charge in [-0.1, -0.05) is 53.7 Å². The highest BCUT2D eigenvalue weighted by Gasteiger charge is 2.27. The first-order valence-electron chi connectivity index (χ1n) is 10.4. The van der Waals surface area contributed by atoms with E-state index in [2.05, 4.69) is 11.4 Å². The van der Waals surface area contributed by atoms with Gasteiger partial charge < -0.3 is 10.2 Å². The zero-order chi connectivity index (χ0) is 20.9. The standard InChI is InChI=1S/C25H26N2O2S/c1-27-21-17-20(24(28)26-15-14-18-8-4-2-5-9-18)12-13-22(21)30-23(25(27)29)16-19-10-6-3-7-11-19/h3,6-8,10-13,16-17H,2,4-5,9,14-15H2,1H3,(H,26,28)/b23-16+. The molecule has 0 saturated carbocycles. The van der Waals surface area contributed by atoms with Crippen LogP contribution in [0.4, 0.5) is 5.69 Å². The van der Waals surface area contributed by atoms with Crippen LogP contribution in [-0.2, 0) is 4.79 Å². The van der Waals surface area contributed by atoms with Gasteiger partial charge >= 0.3 is 0 Å². The summed E-state index contributed by atoms with van der Waals surface area (Å²) >= 11 is 1.45. The molecule has 2 aromatic carbocycles. The summed E-state index contributed by atoms with van der Waals surface area (Å²) in [5.41, 5.74) is 3.81.